The molecular formula is C10H13N5O4S. The highest BCUT2D eigenvalue weighted by molar-refractivity contribution is 7.89. The lowest BCUT2D eigenvalue weighted by atomic mass is 10.4. The topological polar surface area (TPSA) is 119 Å². The average Bonchev–Trinajstić information content (AvgIpc) is 2.95. The summed E-state index contributed by atoms with van der Waals surface area (Å²) >= 11 is 0. The third kappa shape index (κ3) is 3.42. The highest BCUT2D eigenvalue weighted by Gasteiger charge is 2.17. The molecule has 2 heterocycles. The number of hydrogen-bond acceptors (Lipinski definition) is 5. The summed E-state index contributed by atoms with van der Waals surface area (Å²) in [7, 11) is -2.00. The number of nitrogens with zero attached hydrogens (tertiary/aromatic N) is 4. The molecule has 0 fully saturated rings. The van der Waals surface area contributed by atoms with Crippen molar-refractivity contribution in [3.8, 4) is 0 Å². The standard InChI is InChI=1S/C10H13N5O4S/c1-14-5-8(2-11-14)3-13-20(18,19)9-4-12-15(6-9)7-10(16)17/h2,4-6,13H,3,7H2,1H3,(H,16,17). The number of hydrogen-bond donors (Lipinski definition) is 2. The lowest BCUT2D eigenvalue weighted by Crippen LogP contribution is -2.22. The number of aromatic nitrogens is 4. The lowest BCUT2D eigenvalue weighted by molar-refractivity contribution is -0.137. The zero-order chi connectivity index (χ0) is 14.8. The van der Waals surface area contributed by atoms with Gasteiger partial charge in [0.25, 0.3) is 0 Å². The third-order valence-electron chi connectivity index (χ3n) is 2.44. The summed E-state index contributed by atoms with van der Waals surface area (Å²) in [5.41, 5.74) is 0.717. The summed E-state index contributed by atoms with van der Waals surface area (Å²) in [4.78, 5) is 10.4. The number of aryl methyl sites for hydroxylation is 1. The van der Waals surface area contributed by atoms with Crippen molar-refractivity contribution in [2.75, 3.05) is 0 Å². The van der Waals surface area contributed by atoms with Gasteiger partial charge in [0.2, 0.25) is 10.0 Å². The average molecular weight is 299 g/mol. The van der Waals surface area contributed by atoms with Crippen LogP contribution in [0.4, 0.5) is 0 Å². The molecule has 0 saturated carbocycles. The molecule has 2 aromatic heterocycles. The van der Waals surface area contributed by atoms with Crippen molar-refractivity contribution >= 4 is 16.0 Å². The van der Waals surface area contributed by atoms with Crippen LogP contribution >= 0.6 is 0 Å². The second-order valence-electron chi connectivity index (χ2n) is 4.11. The molecule has 0 unspecified atom stereocenters. The van der Waals surface area contributed by atoms with Gasteiger partial charge in [0.05, 0.1) is 12.4 Å². The molecule has 20 heavy (non-hydrogen) atoms. The highest BCUT2D eigenvalue weighted by Crippen LogP contribution is 2.08. The second kappa shape index (κ2) is 5.43. The Labute approximate surface area is 114 Å². The first kappa shape index (κ1) is 14.2. The number of carboxylic acids is 1. The summed E-state index contributed by atoms with van der Waals surface area (Å²) in [5.74, 6) is -1.10. The van der Waals surface area contributed by atoms with Crippen molar-refractivity contribution in [3.63, 3.8) is 0 Å². The predicted octanol–water partition coefficient (Wildman–Crippen LogP) is -0.820. The molecule has 10 heteroatoms. The van der Waals surface area contributed by atoms with Gasteiger partial charge in [0, 0.05) is 31.5 Å². The van der Waals surface area contributed by atoms with Crippen molar-refractivity contribution in [3.05, 3.63) is 30.4 Å². The summed E-state index contributed by atoms with van der Waals surface area (Å²) in [6, 6.07) is 0. The summed E-state index contributed by atoms with van der Waals surface area (Å²) < 4.78 is 28.9. The first-order chi connectivity index (χ1) is 9.37. The van der Waals surface area contributed by atoms with E-state index in [1.54, 1.807) is 24.1 Å². The fourth-order valence-electron chi connectivity index (χ4n) is 1.53. The zero-order valence-corrected chi connectivity index (χ0v) is 11.4. The van der Waals surface area contributed by atoms with Crippen molar-refractivity contribution in [2.45, 2.75) is 18.0 Å². The Morgan fingerprint density at radius 2 is 2.10 bits per heavy atom. The molecule has 0 aliphatic carbocycles. The van der Waals surface area contributed by atoms with E-state index in [9.17, 15) is 13.2 Å². The molecule has 2 rings (SSSR count). The summed E-state index contributed by atoms with van der Waals surface area (Å²) in [6.07, 6.45) is 5.51. The van der Waals surface area contributed by atoms with Crippen molar-refractivity contribution in [2.24, 2.45) is 7.05 Å². The Hall–Kier alpha value is -2.20. The minimum Gasteiger partial charge on any atom is -0.480 e. The van der Waals surface area contributed by atoms with Crippen LogP contribution in [-0.2, 0) is 35.0 Å². The molecule has 2 aromatic rings. The van der Waals surface area contributed by atoms with Crippen LogP contribution in [-0.4, -0.2) is 39.1 Å². The molecule has 0 atom stereocenters. The normalized spacial score (nSPS) is 11.7. The Bertz CT molecular complexity index is 718. The Balaban J connectivity index is 2.06. The van der Waals surface area contributed by atoms with Gasteiger partial charge in [-0.15, -0.1) is 0 Å². The van der Waals surface area contributed by atoms with E-state index in [2.05, 4.69) is 14.9 Å². The molecule has 9 nitrogen and oxygen atoms in total. The lowest BCUT2D eigenvalue weighted by Gasteiger charge is -2.02. The van der Waals surface area contributed by atoms with Crippen molar-refractivity contribution < 1.29 is 18.3 Å². The van der Waals surface area contributed by atoms with E-state index in [4.69, 9.17) is 5.11 Å². The number of carbonyl (C=O) groups is 1. The van der Waals surface area contributed by atoms with Crippen molar-refractivity contribution in [1.82, 2.24) is 24.3 Å². The molecule has 0 saturated heterocycles. The minimum atomic E-state index is -3.73. The van der Waals surface area contributed by atoms with Crippen LogP contribution in [0.25, 0.3) is 0 Å². The molecule has 0 radical (unpaired) electrons. The summed E-state index contributed by atoms with van der Waals surface area (Å²) in [5, 5.41) is 16.2. The molecule has 2 N–H and O–H groups in total. The quantitative estimate of drug-likeness (QED) is 0.719. The van der Waals surface area contributed by atoms with Gasteiger partial charge in [-0.1, -0.05) is 0 Å². The van der Waals surface area contributed by atoms with Gasteiger partial charge in [0.15, 0.2) is 0 Å². The third-order valence-corrected chi connectivity index (χ3v) is 3.80. The van der Waals surface area contributed by atoms with Gasteiger partial charge in [0.1, 0.15) is 11.4 Å². The van der Waals surface area contributed by atoms with E-state index in [0.717, 1.165) is 10.9 Å². The maximum atomic E-state index is 12.0. The van der Waals surface area contributed by atoms with Gasteiger partial charge >= 0.3 is 5.97 Å². The molecule has 108 valence electrons. The van der Waals surface area contributed by atoms with E-state index in [1.807, 2.05) is 0 Å². The van der Waals surface area contributed by atoms with Crippen LogP contribution in [0.3, 0.4) is 0 Å². The fourth-order valence-corrected chi connectivity index (χ4v) is 2.50. The number of sulfonamides is 1. The van der Waals surface area contributed by atoms with Crippen LogP contribution in [0, 0.1) is 0 Å². The number of rotatable bonds is 6. The molecular weight excluding hydrogens is 286 g/mol. The van der Waals surface area contributed by atoms with Gasteiger partial charge < -0.3 is 5.11 Å². The number of carboxylic acid groups (broad SMARTS) is 1. The second-order valence-corrected chi connectivity index (χ2v) is 5.88. The van der Waals surface area contributed by atoms with Crippen molar-refractivity contribution in [1.29, 1.82) is 0 Å². The van der Waals surface area contributed by atoms with Gasteiger partial charge in [-0.2, -0.15) is 10.2 Å². The first-order valence-electron chi connectivity index (χ1n) is 5.58. The molecule has 0 aliphatic rings. The Morgan fingerprint density at radius 3 is 2.70 bits per heavy atom. The fraction of sp³-hybridized carbons (Fsp3) is 0.300. The number of nitrogens with one attached hydrogen (secondary N) is 1. The van der Waals surface area contributed by atoms with Gasteiger partial charge in [-0.25, -0.2) is 13.1 Å². The molecule has 0 spiro atoms. The van der Waals surface area contributed by atoms with Crippen LogP contribution in [0.15, 0.2) is 29.7 Å². The van der Waals surface area contributed by atoms with Gasteiger partial charge in [-0.05, 0) is 0 Å². The van der Waals surface area contributed by atoms with E-state index >= 15 is 0 Å². The SMILES string of the molecule is Cn1cc(CNS(=O)(=O)c2cnn(CC(=O)O)c2)cn1. The van der Waals surface area contributed by atoms with E-state index in [-0.39, 0.29) is 11.4 Å². The maximum Gasteiger partial charge on any atom is 0.325 e. The predicted molar refractivity (Wildman–Crippen MR) is 67.1 cm³/mol. The molecule has 0 bridgehead atoms. The summed E-state index contributed by atoms with van der Waals surface area (Å²) in [6.45, 7) is -0.293. The van der Waals surface area contributed by atoms with Gasteiger partial charge in [-0.3, -0.25) is 14.2 Å². The first-order valence-corrected chi connectivity index (χ1v) is 7.06. The van der Waals surface area contributed by atoms with E-state index in [0.29, 0.717) is 5.56 Å². The van der Waals surface area contributed by atoms with Crippen LogP contribution < -0.4 is 4.72 Å². The maximum absolute atomic E-state index is 12.0. The molecule has 0 aliphatic heterocycles. The monoisotopic (exact) mass is 299 g/mol. The van der Waals surface area contributed by atoms with E-state index < -0.39 is 22.5 Å². The Kier molecular flexibility index (Phi) is 3.86. The largest absolute Gasteiger partial charge is 0.480 e. The zero-order valence-electron chi connectivity index (χ0n) is 10.6. The highest BCUT2D eigenvalue weighted by atomic mass is 32.2. The number of aliphatic carboxylic acids is 1. The molecule has 0 amide bonds. The molecule has 0 aromatic carbocycles. The Morgan fingerprint density at radius 1 is 1.35 bits per heavy atom. The van der Waals surface area contributed by atoms with Crippen LogP contribution in [0.2, 0.25) is 0 Å². The smallest absolute Gasteiger partial charge is 0.325 e. The van der Waals surface area contributed by atoms with Crippen LogP contribution in [0.1, 0.15) is 5.56 Å². The van der Waals surface area contributed by atoms with E-state index in [1.165, 1.54) is 6.20 Å². The minimum absolute atomic E-state index is 0.0809. The van der Waals surface area contributed by atoms with Crippen LogP contribution in [0.5, 0.6) is 0 Å².